The smallest absolute Gasteiger partial charge is 0.252 e. The van der Waals surface area contributed by atoms with Gasteiger partial charge in [-0.3, -0.25) is 0 Å². The Hall–Kier alpha value is -4.50. The van der Waals surface area contributed by atoms with Crippen LogP contribution >= 0.6 is 0 Å². The first-order valence-electron chi connectivity index (χ1n) is 24.5. The molecule has 2 atom stereocenters. The molecule has 0 N–H and O–H groups in total. The zero-order valence-electron chi connectivity index (χ0n) is 41.3. The summed E-state index contributed by atoms with van der Waals surface area (Å²) in [7, 11) is 0. The molecule has 1 fully saturated rings. The van der Waals surface area contributed by atoms with Crippen LogP contribution in [0.25, 0.3) is 16.6 Å². The van der Waals surface area contributed by atoms with Gasteiger partial charge in [0.15, 0.2) is 0 Å². The van der Waals surface area contributed by atoms with Crippen LogP contribution in [0.3, 0.4) is 0 Å². The third-order valence-electron chi connectivity index (χ3n) is 18.0. The number of anilines is 4. The van der Waals surface area contributed by atoms with Crippen LogP contribution in [-0.4, -0.2) is 12.3 Å². The minimum Gasteiger partial charge on any atom is -0.335 e. The molecule has 5 aromatic carbocycles. The molecule has 3 aliphatic carbocycles. The maximum Gasteiger partial charge on any atom is 0.252 e. The fourth-order valence-corrected chi connectivity index (χ4v) is 13.8. The molecule has 0 bridgehead atoms. The van der Waals surface area contributed by atoms with Gasteiger partial charge in [-0.05, 0) is 152 Å². The second-order valence-corrected chi connectivity index (χ2v) is 25.3. The first-order chi connectivity index (χ1) is 29.4. The second kappa shape index (κ2) is 12.6. The predicted molar refractivity (Wildman–Crippen MR) is 272 cm³/mol. The van der Waals surface area contributed by atoms with Crippen molar-refractivity contribution in [3.05, 3.63) is 135 Å². The molecule has 0 saturated heterocycles. The van der Waals surface area contributed by atoms with Crippen LogP contribution in [-0.2, 0) is 32.5 Å². The van der Waals surface area contributed by atoms with Crippen molar-refractivity contribution in [2.24, 2.45) is 0 Å². The highest BCUT2D eigenvalue weighted by Gasteiger charge is 2.63. The number of fused-ring (bicyclic) bond motifs is 9. The Morgan fingerprint density at radius 3 is 1.86 bits per heavy atom. The molecule has 0 spiro atoms. The van der Waals surface area contributed by atoms with Crippen LogP contribution in [0, 0.1) is 6.92 Å². The van der Waals surface area contributed by atoms with E-state index in [-0.39, 0.29) is 44.7 Å². The highest BCUT2D eigenvalue weighted by atomic mass is 15.3. The van der Waals surface area contributed by atoms with Gasteiger partial charge in [-0.15, -0.1) is 0 Å². The maximum atomic E-state index is 2.93. The second-order valence-electron chi connectivity index (χ2n) is 25.3. The van der Waals surface area contributed by atoms with Crippen molar-refractivity contribution < 1.29 is 0 Å². The standard InChI is InChI=1S/C60H71BN2/c1-36-29-48-51-49(30-36)63-52-45(59(14)25-19-20-26-60(59,63)15)32-39(55(5,6)7)33-46(52)61(51)50-41-34-43-44(57(10,11)28-27-56(43,8)9)35-42(41)58(12,13)53(50)62(48)47-24-23-38(54(2,3)4)31-40(47)37-21-17-16-18-22-37/h16-18,21-24,29-35H,19-20,25-28H2,1-15H3. The molecule has 0 aromatic heterocycles. The van der Waals surface area contributed by atoms with Crippen molar-refractivity contribution >= 4 is 45.9 Å². The molecule has 1 saturated carbocycles. The van der Waals surface area contributed by atoms with Gasteiger partial charge in [-0.1, -0.05) is 164 Å². The summed E-state index contributed by atoms with van der Waals surface area (Å²) in [5.41, 5.74) is 26.0. The number of rotatable bonds is 2. The topological polar surface area (TPSA) is 6.48 Å². The molecule has 5 aromatic rings. The van der Waals surface area contributed by atoms with Crippen LogP contribution in [0.15, 0.2) is 90.6 Å². The van der Waals surface area contributed by atoms with E-state index in [1.165, 1.54) is 122 Å². The van der Waals surface area contributed by atoms with Crippen molar-refractivity contribution in [1.82, 2.24) is 0 Å². The Morgan fingerprint density at radius 2 is 1.19 bits per heavy atom. The monoisotopic (exact) mass is 831 g/mol. The summed E-state index contributed by atoms with van der Waals surface area (Å²) in [4.78, 5) is 5.73. The van der Waals surface area contributed by atoms with Crippen molar-refractivity contribution in [1.29, 1.82) is 0 Å². The zero-order valence-corrected chi connectivity index (χ0v) is 41.3. The van der Waals surface area contributed by atoms with Gasteiger partial charge in [0.1, 0.15) is 0 Å². The molecule has 0 radical (unpaired) electrons. The molecule has 3 aliphatic heterocycles. The van der Waals surface area contributed by atoms with Crippen LogP contribution in [0.4, 0.5) is 22.7 Å². The lowest BCUT2D eigenvalue weighted by atomic mass is 9.32. The van der Waals surface area contributed by atoms with Crippen LogP contribution in [0.2, 0.25) is 0 Å². The molecular weight excluding hydrogens is 759 g/mol. The van der Waals surface area contributed by atoms with Gasteiger partial charge in [-0.25, -0.2) is 0 Å². The molecule has 0 amide bonds. The molecule has 2 unspecified atom stereocenters. The van der Waals surface area contributed by atoms with Gasteiger partial charge < -0.3 is 9.80 Å². The van der Waals surface area contributed by atoms with Gasteiger partial charge >= 0.3 is 0 Å². The van der Waals surface area contributed by atoms with Crippen molar-refractivity contribution in [2.45, 2.75) is 180 Å². The van der Waals surface area contributed by atoms with Gasteiger partial charge in [-0.2, -0.15) is 0 Å². The summed E-state index contributed by atoms with van der Waals surface area (Å²) >= 11 is 0. The average molecular weight is 831 g/mol. The number of hydrogen-bond donors (Lipinski definition) is 0. The Balaban J connectivity index is 1.32. The van der Waals surface area contributed by atoms with E-state index in [1.54, 1.807) is 16.7 Å². The largest absolute Gasteiger partial charge is 0.335 e. The highest BCUT2D eigenvalue weighted by Crippen LogP contribution is 2.65. The van der Waals surface area contributed by atoms with Crippen molar-refractivity contribution in [3.63, 3.8) is 0 Å². The van der Waals surface area contributed by atoms with E-state index in [2.05, 4.69) is 199 Å². The van der Waals surface area contributed by atoms with E-state index in [9.17, 15) is 0 Å². The molecular formula is C60H71BN2. The lowest BCUT2D eigenvalue weighted by Crippen LogP contribution is -2.61. The molecule has 2 nitrogen and oxygen atoms in total. The lowest BCUT2D eigenvalue weighted by Gasteiger charge is -2.53. The summed E-state index contributed by atoms with van der Waals surface area (Å²) in [5.74, 6) is 0. The molecule has 6 aliphatic rings. The third-order valence-corrected chi connectivity index (χ3v) is 18.0. The summed E-state index contributed by atoms with van der Waals surface area (Å²) < 4.78 is 0. The summed E-state index contributed by atoms with van der Waals surface area (Å²) in [6, 6.07) is 34.6. The maximum absolute atomic E-state index is 2.93. The van der Waals surface area contributed by atoms with Gasteiger partial charge in [0, 0.05) is 39.2 Å². The number of aryl methyl sites for hydroxylation is 1. The SMILES string of the molecule is Cc1cc2c3c(c1)N1c4c(cc(C(C)(C)C)cc4C4(C)CCCCC14C)B3C1=C(N2c2ccc(C(C)(C)C)cc2-c2ccccc2)C(C)(C)c2cc3c(cc21)C(C)(C)CCC3(C)C. The average Bonchev–Trinajstić information content (AvgIpc) is 3.57. The van der Waals surface area contributed by atoms with Crippen LogP contribution in [0.1, 0.15) is 180 Å². The summed E-state index contributed by atoms with van der Waals surface area (Å²) in [6.07, 6.45) is 7.41. The minimum absolute atomic E-state index is 0.00749. The van der Waals surface area contributed by atoms with E-state index in [1.807, 2.05) is 0 Å². The van der Waals surface area contributed by atoms with Crippen molar-refractivity contribution in [3.8, 4) is 11.1 Å². The molecule has 11 rings (SSSR count). The fraction of sp³-hybridized carbons (Fsp3) is 0.467. The minimum atomic E-state index is -0.274. The van der Waals surface area contributed by atoms with E-state index < -0.39 is 0 Å². The normalized spacial score (nSPS) is 24.4. The van der Waals surface area contributed by atoms with Crippen molar-refractivity contribution in [2.75, 3.05) is 9.80 Å². The highest BCUT2D eigenvalue weighted by molar-refractivity contribution is 7.03. The summed E-state index contributed by atoms with van der Waals surface area (Å²) in [5, 5.41) is 0. The number of nitrogens with zero attached hydrogens (tertiary/aromatic N) is 2. The first kappa shape index (κ1) is 41.2. The lowest BCUT2D eigenvalue weighted by molar-refractivity contribution is 0.195. The Morgan fingerprint density at radius 1 is 0.556 bits per heavy atom. The van der Waals surface area contributed by atoms with E-state index in [4.69, 9.17) is 0 Å². The molecule has 324 valence electrons. The van der Waals surface area contributed by atoms with Gasteiger partial charge in [0.05, 0.1) is 11.2 Å². The van der Waals surface area contributed by atoms with E-state index >= 15 is 0 Å². The molecule has 3 heteroatoms. The number of benzene rings is 5. The summed E-state index contributed by atoms with van der Waals surface area (Å²) in [6.45, 7) is 37.3. The predicted octanol–water partition coefficient (Wildman–Crippen LogP) is 14.7. The Kier molecular flexibility index (Phi) is 8.27. The fourth-order valence-electron chi connectivity index (χ4n) is 13.8. The number of allylic oxidation sites excluding steroid dienone is 1. The van der Waals surface area contributed by atoms with Crippen LogP contribution < -0.4 is 20.7 Å². The van der Waals surface area contributed by atoms with Crippen LogP contribution in [0.5, 0.6) is 0 Å². The number of hydrogen-bond acceptors (Lipinski definition) is 2. The molecule has 63 heavy (non-hydrogen) atoms. The quantitative estimate of drug-likeness (QED) is 0.164. The van der Waals surface area contributed by atoms with E-state index in [0.717, 1.165) is 0 Å². The Labute approximate surface area is 380 Å². The first-order valence-corrected chi connectivity index (χ1v) is 24.5. The zero-order chi connectivity index (χ0) is 44.8. The van der Waals surface area contributed by atoms with E-state index in [0.29, 0.717) is 0 Å². The molecule has 3 heterocycles. The Bertz CT molecular complexity index is 2840. The van der Waals surface area contributed by atoms with Gasteiger partial charge in [0.25, 0.3) is 6.71 Å². The van der Waals surface area contributed by atoms with Gasteiger partial charge in [0.2, 0.25) is 0 Å². The third kappa shape index (κ3) is 5.38.